The van der Waals surface area contributed by atoms with Gasteiger partial charge >= 0.3 is 5.97 Å². The fraction of sp³-hybridized carbons (Fsp3) is 0.0455. The van der Waals surface area contributed by atoms with Gasteiger partial charge in [-0.05, 0) is 86.0 Å². The van der Waals surface area contributed by atoms with Crippen molar-refractivity contribution in [3.05, 3.63) is 90.2 Å². The van der Waals surface area contributed by atoms with Crippen LogP contribution in [-0.4, -0.2) is 24.7 Å². The Labute approximate surface area is 214 Å². The number of nitrogens with zero attached hydrogens (tertiary/aromatic N) is 1. The summed E-state index contributed by atoms with van der Waals surface area (Å²) in [6.07, 6.45) is 1.46. The molecule has 0 aliphatic rings. The predicted octanol–water partition coefficient (Wildman–Crippen LogP) is 6.38. The van der Waals surface area contributed by atoms with Gasteiger partial charge in [-0.3, -0.25) is 4.79 Å². The minimum Gasteiger partial charge on any atom is -0.481 e. The highest BCUT2D eigenvalue weighted by Crippen LogP contribution is 2.36. The van der Waals surface area contributed by atoms with Crippen LogP contribution < -0.4 is 14.9 Å². The molecule has 0 fully saturated rings. The molecule has 0 saturated heterocycles. The smallest absolute Gasteiger partial charge is 0.345 e. The molecular weight excluding hydrogens is 631 g/mol. The van der Waals surface area contributed by atoms with Gasteiger partial charge in [0.2, 0.25) is 0 Å². The van der Waals surface area contributed by atoms with Crippen molar-refractivity contribution < 1.29 is 19.1 Å². The van der Waals surface area contributed by atoms with Gasteiger partial charge in [0.25, 0.3) is 5.91 Å². The molecule has 0 aliphatic heterocycles. The maximum atomic E-state index is 12.2. The Hall–Kier alpha value is -2.20. The second-order valence-corrected chi connectivity index (χ2v) is 9.25. The molecule has 3 aromatic carbocycles. The van der Waals surface area contributed by atoms with Gasteiger partial charge in [-0.2, -0.15) is 5.10 Å². The highest BCUT2D eigenvalue weighted by atomic mass is 79.9. The fourth-order valence-corrected chi connectivity index (χ4v) is 5.13. The van der Waals surface area contributed by atoms with E-state index in [1.54, 1.807) is 48.5 Å². The van der Waals surface area contributed by atoms with Crippen molar-refractivity contribution in [3.63, 3.8) is 0 Å². The number of nitrogens with one attached hydrogen (secondary N) is 1. The fourth-order valence-electron chi connectivity index (χ4n) is 2.43. The Balaban J connectivity index is 1.50. The van der Waals surface area contributed by atoms with E-state index in [1.807, 2.05) is 12.1 Å². The largest absolute Gasteiger partial charge is 0.481 e. The Morgan fingerprint density at radius 2 is 1.66 bits per heavy atom. The van der Waals surface area contributed by atoms with Crippen molar-refractivity contribution in [2.75, 3.05) is 6.61 Å². The van der Waals surface area contributed by atoms with Gasteiger partial charge in [-0.1, -0.05) is 39.7 Å². The zero-order chi connectivity index (χ0) is 23.1. The second kappa shape index (κ2) is 11.6. The topological polar surface area (TPSA) is 77.0 Å². The van der Waals surface area contributed by atoms with Gasteiger partial charge in [0.15, 0.2) is 6.61 Å². The minimum atomic E-state index is -0.548. The number of carbonyl (C=O) groups is 2. The summed E-state index contributed by atoms with van der Waals surface area (Å²) in [6.45, 7) is -0.215. The molecule has 0 atom stereocenters. The summed E-state index contributed by atoms with van der Waals surface area (Å²) in [7, 11) is 0. The molecule has 0 radical (unpaired) electrons. The van der Waals surface area contributed by atoms with Crippen molar-refractivity contribution in [2.45, 2.75) is 0 Å². The zero-order valence-electron chi connectivity index (χ0n) is 16.2. The molecule has 0 aliphatic carbocycles. The lowest BCUT2D eigenvalue weighted by molar-refractivity contribution is -0.123. The number of ether oxygens (including phenoxy) is 2. The van der Waals surface area contributed by atoms with Crippen LogP contribution in [0.1, 0.15) is 15.9 Å². The summed E-state index contributed by atoms with van der Waals surface area (Å²) in [5.41, 5.74) is 3.37. The SMILES string of the molecule is O=C(COc1c(Br)cc(Br)cc1Br)NN=Cc1ccc(OC(=O)c2ccccc2Cl)cc1. The van der Waals surface area contributed by atoms with E-state index in [9.17, 15) is 9.59 Å². The van der Waals surface area contributed by atoms with E-state index < -0.39 is 11.9 Å². The lowest BCUT2D eigenvalue weighted by Gasteiger charge is -2.09. The molecule has 0 heterocycles. The molecule has 164 valence electrons. The summed E-state index contributed by atoms with van der Waals surface area (Å²) < 4.78 is 13.1. The minimum absolute atomic E-state index is 0.215. The molecular formula is C22H14Br3ClN2O4. The number of halogens is 4. The first-order chi connectivity index (χ1) is 15.3. The second-order valence-electron chi connectivity index (χ2n) is 6.22. The van der Waals surface area contributed by atoms with Crippen LogP contribution in [0.3, 0.4) is 0 Å². The average Bonchev–Trinajstić information content (AvgIpc) is 2.74. The van der Waals surface area contributed by atoms with Crippen molar-refractivity contribution in [1.82, 2.24) is 5.43 Å². The monoisotopic (exact) mass is 642 g/mol. The van der Waals surface area contributed by atoms with Crippen LogP contribution >= 0.6 is 59.4 Å². The number of rotatable bonds is 7. The van der Waals surface area contributed by atoms with Crippen LogP contribution in [0, 0.1) is 0 Å². The first-order valence-electron chi connectivity index (χ1n) is 8.99. The Morgan fingerprint density at radius 1 is 1.00 bits per heavy atom. The maximum Gasteiger partial charge on any atom is 0.345 e. The molecule has 0 saturated carbocycles. The molecule has 32 heavy (non-hydrogen) atoms. The summed E-state index contributed by atoms with van der Waals surface area (Å²) in [5.74, 6) is -0.106. The van der Waals surface area contributed by atoms with Crippen LogP contribution in [0.15, 0.2) is 79.2 Å². The Bertz CT molecular complexity index is 1150. The van der Waals surface area contributed by atoms with Crippen LogP contribution in [0.2, 0.25) is 5.02 Å². The normalized spacial score (nSPS) is 10.8. The van der Waals surface area contributed by atoms with Gasteiger partial charge in [0.1, 0.15) is 11.5 Å². The quantitative estimate of drug-likeness (QED) is 0.140. The number of esters is 1. The van der Waals surface area contributed by atoms with Gasteiger partial charge < -0.3 is 9.47 Å². The van der Waals surface area contributed by atoms with Crippen molar-refractivity contribution in [1.29, 1.82) is 0 Å². The number of hydrogen-bond donors (Lipinski definition) is 1. The molecule has 0 bridgehead atoms. The van der Waals surface area contributed by atoms with E-state index in [4.69, 9.17) is 21.1 Å². The van der Waals surface area contributed by atoms with Gasteiger partial charge in [0.05, 0.1) is 25.7 Å². The third-order valence-corrected chi connectivity index (χ3v) is 5.86. The molecule has 3 aromatic rings. The van der Waals surface area contributed by atoms with E-state index in [-0.39, 0.29) is 12.2 Å². The summed E-state index contributed by atoms with van der Waals surface area (Å²) >= 11 is 16.1. The third-order valence-electron chi connectivity index (χ3n) is 3.90. The molecule has 1 amide bonds. The Kier molecular flexibility index (Phi) is 8.86. The summed E-state index contributed by atoms with van der Waals surface area (Å²) in [4.78, 5) is 24.2. The number of hydrogen-bond acceptors (Lipinski definition) is 5. The highest BCUT2D eigenvalue weighted by molar-refractivity contribution is 9.11. The van der Waals surface area contributed by atoms with E-state index in [1.165, 1.54) is 6.21 Å². The standard InChI is InChI=1S/C22H14Br3ClN2O4/c23-14-9-17(24)21(18(25)10-14)31-12-20(29)28-27-11-13-5-7-15(8-6-13)32-22(30)16-3-1-2-4-19(16)26/h1-11H,12H2,(H,28,29). The van der Waals surface area contributed by atoms with E-state index in [0.29, 0.717) is 31.0 Å². The number of hydrazone groups is 1. The highest BCUT2D eigenvalue weighted by Gasteiger charge is 2.12. The van der Waals surface area contributed by atoms with Crippen LogP contribution in [0.25, 0.3) is 0 Å². The number of carbonyl (C=O) groups excluding carboxylic acids is 2. The summed E-state index contributed by atoms with van der Waals surface area (Å²) in [5, 5.41) is 4.22. The molecule has 1 N–H and O–H groups in total. The predicted molar refractivity (Wildman–Crippen MR) is 134 cm³/mol. The molecule has 10 heteroatoms. The molecule has 6 nitrogen and oxygen atoms in total. The first kappa shape index (κ1) is 24.4. The third kappa shape index (κ3) is 6.90. The van der Waals surface area contributed by atoms with Crippen LogP contribution in [-0.2, 0) is 4.79 Å². The number of benzene rings is 3. The average molecular weight is 646 g/mol. The van der Waals surface area contributed by atoms with Gasteiger partial charge in [-0.15, -0.1) is 0 Å². The summed E-state index contributed by atoms with van der Waals surface area (Å²) in [6, 6.07) is 16.9. The van der Waals surface area contributed by atoms with Crippen LogP contribution in [0.4, 0.5) is 0 Å². The Morgan fingerprint density at radius 3 is 2.31 bits per heavy atom. The lowest BCUT2D eigenvalue weighted by Crippen LogP contribution is -2.24. The van der Waals surface area contributed by atoms with Crippen LogP contribution in [0.5, 0.6) is 11.5 Å². The number of amides is 1. The lowest BCUT2D eigenvalue weighted by atomic mass is 10.2. The van der Waals surface area contributed by atoms with Crippen molar-refractivity contribution in [3.8, 4) is 11.5 Å². The first-order valence-corrected chi connectivity index (χ1v) is 11.7. The van der Waals surface area contributed by atoms with Gasteiger partial charge in [0, 0.05) is 4.47 Å². The molecule has 3 rings (SSSR count). The van der Waals surface area contributed by atoms with Gasteiger partial charge in [-0.25, -0.2) is 10.2 Å². The molecule has 0 aromatic heterocycles. The van der Waals surface area contributed by atoms with Crippen molar-refractivity contribution in [2.24, 2.45) is 5.10 Å². The van der Waals surface area contributed by atoms with E-state index >= 15 is 0 Å². The zero-order valence-corrected chi connectivity index (χ0v) is 21.7. The van der Waals surface area contributed by atoms with E-state index in [2.05, 4.69) is 58.3 Å². The maximum absolute atomic E-state index is 12.2. The van der Waals surface area contributed by atoms with Crippen molar-refractivity contribution >= 4 is 77.5 Å². The molecule has 0 unspecified atom stereocenters. The molecule has 0 spiro atoms. The van der Waals surface area contributed by atoms with E-state index in [0.717, 1.165) is 4.47 Å².